The van der Waals surface area contributed by atoms with Crippen LogP contribution in [-0.2, 0) is 0 Å². The van der Waals surface area contributed by atoms with E-state index in [0.717, 1.165) is 24.3 Å². The Kier molecular flexibility index (Phi) is 6.20. The van der Waals surface area contributed by atoms with E-state index >= 15 is 0 Å². The number of nitrogens with zero attached hydrogens (tertiary/aromatic N) is 1. The highest BCUT2D eigenvalue weighted by Gasteiger charge is 2.36. The number of urea groups is 1. The minimum absolute atomic E-state index is 0.0286. The van der Waals surface area contributed by atoms with Crippen molar-refractivity contribution in [1.29, 1.82) is 0 Å². The van der Waals surface area contributed by atoms with Gasteiger partial charge >= 0.3 is 6.03 Å². The molecule has 0 unspecified atom stereocenters. The fourth-order valence-electron chi connectivity index (χ4n) is 3.21. The van der Waals surface area contributed by atoms with Crippen LogP contribution in [0.5, 0.6) is 0 Å². The molecule has 124 valence electrons. The number of carbonyl (C=O) groups excluding carboxylic acids is 1. The highest BCUT2D eigenvalue weighted by Crippen LogP contribution is 2.32. The molecule has 0 bridgehead atoms. The summed E-state index contributed by atoms with van der Waals surface area (Å²) >= 11 is 1.55. The molecule has 0 aromatic carbocycles. The first-order chi connectivity index (χ1) is 10.6. The Balaban J connectivity index is 1.96. The van der Waals surface area contributed by atoms with Crippen molar-refractivity contribution < 1.29 is 9.90 Å². The van der Waals surface area contributed by atoms with Crippen LogP contribution in [0.15, 0.2) is 11.6 Å². The SMILES string of the molecule is CC[C@H](NC(=O)N[C@@](C)(CO)C1CCCCC1)c1nccs1. The summed E-state index contributed by atoms with van der Waals surface area (Å²) in [5.41, 5.74) is -0.550. The van der Waals surface area contributed by atoms with Crippen molar-refractivity contribution in [2.45, 2.75) is 64.0 Å². The average Bonchev–Trinajstić information content (AvgIpc) is 3.07. The van der Waals surface area contributed by atoms with Gasteiger partial charge in [-0.05, 0) is 32.1 Å². The van der Waals surface area contributed by atoms with Crippen LogP contribution in [0.3, 0.4) is 0 Å². The third-order valence-electron chi connectivity index (χ3n) is 4.70. The van der Waals surface area contributed by atoms with Gasteiger partial charge in [-0.2, -0.15) is 0 Å². The summed E-state index contributed by atoms with van der Waals surface area (Å²) in [6, 6.07) is -0.293. The Labute approximate surface area is 136 Å². The highest BCUT2D eigenvalue weighted by atomic mass is 32.1. The predicted octanol–water partition coefficient (Wildman–Crippen LogP) is 3.22. The lowest BCUT2D eigenvalue weighted by molar-refractivity contribution is 0.100. The van der Waals surface area contributed by atoms with E-state index in [1.807, 2.05) is 19.2 Å². The van der Waals surface area contributed by atoms with Crippen LogP contribution in [0.1, 0.15) is 63.4 Å². The number of aliphatic hydroxyl groups is 1. The molecule has 5 nitrogen and oxygen atoms in total. The summed E-state index contributed by atoms with van der Waals surface area (Å²) in [7, 11) is 0. The maximum atomic E-state index is 12.4. The van der Waals surface area contributed by atoms with Gasteiger partial charge in [-0.1, -0.05) is 26.2 Å². The van der Waals surface area contributed by atoms with Gasteiger partial charge in [0.2, 0.25) is 0 Å². The molecule has 1 saturated carbocycles. The fraction of sp³-hybridized carbons (Fsp3) is 0.750. The molecular formula is C16H27N3O2S. The Morgan fingerprint density at radius 1 is 1.50 bits per heavy atom. The van der Waals surface area contributed by atoms with Crippen LogP contribution >= 0.6 is 11.3 Å². The Bertz CT molecular complexity index is 460. The summed E-state index contributed by atoms with van der Waals surface area (Å²) < 4.78 is 0. The molecule has 22 heavy (non-hydrogen) atoms. The van der Waals surface area contributed by atoms with Crippen molar-refractivity contribution in [3.05, 3.63) is 16.6 Å². The minimum Gasteiger partial charge on any atom is -0.394 e. The second-order valence-electron chi connectivity index (χ2n) is 6.34. The number of aromatic nitrogens is 1. The van der Waals surface area contributed by atoms with Crippen LogP contribution in [0.25, 0.3) is 0 Å². The Morgan fingerprint density at radius 2 is 2.23 bits per heavy atom. The van der Waals surface area contributed by atoms with E-state index in [-0.39, 0.29) is 18.7 Å². The standard InChI is InChI=1S/C16H27N3O2S/c1-3-13(14-17-9-10-22-14)18-15(21)19-16(2,11-20)12-7-5-4-6-8-12/h9-10,12-13,20H,3-8,11H2,1-2H3,(H2,18,19,21)/t13-,16-/m0/s1. The van der Waals surface area contributed by atoms with E-state index in [9.17, 15) is 9.90 Å². The maximum absolute atomic E-state index is 12.4. The molecule has 2 rings (SSSR count). The van der Waals surface area contributed by atoms with Gasteiger partial charge in [0.25, 0.3) is 0 Å². The lowest BCUT2D eigenvalue weighted by Gasteiger charge is -2.39. The second-order valence-corrected chi connectivity index (χ2v) is 7.27. The quantitative estimate of drug-likeness (QED) is 0.752. The summed E-state index contributed by atoms with van der Waals surface area (Å²) in [4.78, 5) is 16.6. The van der Waals surface area contributed by atoms with Gasteiger partial charge in [0.1, 0.15) is 5.01 Å². The number of hydrogen-bond donors (Lipinski definition) is 3. The van der Waals surface area contributed by atoms with Crippen LogP contribution in [-0.4, -0.2) is 28.3 Å². The largest absolute Gasteiger partial charge is 0.394 e. The van der Waals surface area contributed by atoms with Crippen LogP contribution < -0.4 is 10.6 Å². The van der Waals surface area contributed by atoms with Gasteiger partial charge in [-0.3, -0.25) is 0 Å². The van der Waals surface area contributed by atoms with Crippen LogP contribution in [0, 0.1) is 5.92 Å². The first kappa shape index (κ1) is 17.2. The van der Waals surface area contributed by atoms with Crippen molar-refractivity contribution in [3.8, 4) is 0 Å². The van der Waals surface area contributed by atoms with Crippen molar-refractivity contribution in [3.63, 3.8) is 0 Å². The molecule has 2 amide bonds. The zero-order valence-electron chi connectivity index (χ0n) is 13.5. The maximum Gasteiger partial charge on any atom is 0.315 e. The monoisotopic (exact) mass is 325 g/mol. The molecule has 1 aliphatic rings. The van der Waals surface area contributed by atoms with E-state index in [2.05, 4.69) is 15.6 Å². The van der Waals surface area contributed by atoms with Crippen molar-refractivity contribution in [2.24, 2.45) is 5.92 Å². The van der Waals surface area contributed by atoms with Gasteiger partial charge in [0, 0.05) is 11.6 Å². The van der Waals surface area contributed by atoms with Crippen molar-refractivity contribution >= 4 is 17.4 Å². The van der Waals surface area contributed by atoms with Crippen LogP contribution in [0.4, 0.5) is 4.79 Å². The first-order valence-corrected chi connectivity index (χ1v) is 9.06. The molecule has 1 aromatic rings. The zero-order chi connectivity index (χ0) is 16.0. The average molecular weight is 325 g/mol. The number of hydrogen-bond acceptors (Lipinski definition) is 4. The number of carbonyl (C=O) groups is 1. The molecule has 3 N–H and O–H groups in total. The lowest BCUT2D eigenvalue weighted by atomic mass is 9.76. The summed E-state index contributed by atoms with van der Waals surface area (Å²) in [5.74, 6) is 0.344. The van der Waals surface area contributed by atoms with Gasteiger partial charge in [0.15, 0.2) is 0 Å². The molecule has 0 saturated heterocycles. The van der Waals surface area contributed by atoms with E-state index < -0.39 is 5.54 Å². The number of amides is 2. The van der Waals surface area contributed by atoms with Gasteiger partial charge in [0.05, 0.1) is 18.2 Å². The topological polar surface area (TPSA) is 74.2 Å². The lowest BCUT2D eigenvalue weighted by Crippen LogP contribution is -2.57. The normalized spacial score (nSPS) is 20.1. The first-order valence-electron chi connectivity index (χ1n) is 8.18. The molecule has 0 spiro atoms. The number of nitrogens with one attached hydrogen (secondary N) is 2. The fourth-order valence-corrected chi connectivity index (χ4v) is 3.98. The molecule has 1 heterocycles. The number of rotatable bonds is 6. The molecule has 6 heteroatoms. The molecule has 1 aromatic heterocycles. The summed E-state index contributed by atoms with van der Waals surface area (Å²) in [6.07, 6.45) is 8.30. The predicted molar refractivity (Wildman–Crippen MR) is 88.9 cm³/mol. The molecule has 1 fully saturated rings. The van der Waals surface area contributed by atoms with Crippen molar-refractivity contribution in [2.75, 3.05) is 6.61 Å². The number of aliphatic hydroxyl groups excluding tert-OH is 1. The molecule has 1 aliphatic carbocycles. The smallest absolute Gasteiger partial charge is 0.315 e. The zero-order valence-corrected chi connectivity index (χ0v) is 14.3. The van der Waals surface area contributed by atoms with E-state index in [0.29, 0.717) is 5.92 Å². The molecule has 2 atom stereocenters. The highest BCUT2D eigenvalue weighted by molar-refractivity contribution is 7.09. The van der Waals surface area contributed by atoms with Crippen molar-refractivity contribution in [1.82, 2.24) is 15.6 Å². The minimum atomic E-state index is -0.550. The van der Waals surface area contributed by atoms with Crippen LogP contribution in [0.2, 0.25) is 0 Å². The summed E-state index contributed by atoms with van der Waals surface area (Å²) in [5, 5.41) is 18.6. The third kappa shape index (κ3) is 4.20. The molecule has 0 aliphatic heterocycles. The molecular weight excluding hydrogens is 298 g/mol. The van der Waals surface area contributed by atoms with E-state index in [1.54, 1.807) is 17.5 Å². The number of thiazole rings is 1. The van der Waals surface area contributed by atoms with E-state index in [4.69, 9.17) is 0 Å². The Hall–Kier alpha value is -1.14. The molecule has 0 radical (unpaired) electrons. The second kappa shape index (κ2) is 7.92. The van der Waals surface area contributed by atoms with Gasteiger partial charge < -0.3 is 15.7 Å². The van der Waals surface area contributed by atoms with Gasteiger partial charge in [-0.15, -0.1) is 11.3 Å². The Morgan fingerprint density at radius 3 is 2.77 bits per heavy atom. The van der Waals surface area contributed by atoms with E-state index in [1.165, 1.54) is 19.3 Å². The van der Waals surface area contributed by atoms with Gasteiger partial charge in [-0.25, -0.2) is 9.78 Å². The summed E-state index contributed by atoms with van der Waals surface area (Å²) in [6.45, 7) is 3.95. The third-order valence-corrected chi connectivity index (χ3v) is 5.59.